The molecule has 1 aromatic rings. The predicted molar refractivity (Wildman–Crippen MR) is 76.5 cm³/mol. The molecule has 108 valence electrons. The zero-order chi connectivity index (χ0) is 14.6. The van der Waals surface area contributed by atoms with Crippen LogP contribution in [0.15, 0.2) is 29.8 Å². The molecule has 1 saturated carbocycles. The van der Waals surface area contributed by atoms with E-state index in [0.29, 0.717) is 11.1 Å². The summed E-state index contributed by atoms with van der Waals surface area (Å²) < 4.78 is 13.5. The number of hydrogen-bond acceptors (Lipinski definition) is 2. The Morgan fingerprint density at radius 1 is 1.40 bits per heavy atom. The quantitative estimate of drug-likeness (QED) is 0.831. The number of benzene rings is 1. The molecule has 0 aliphatic heterocycles. The fourth-order valence-corrected chi connectivity index (χ4v) is 2.49. The third-order valence-corrected chi connectivity index (χ3v) is 3.75. The number of aliphatic hydroxyl groups is 1. The minimum atomic E-state index is -0.770. The topological polar surface area (TPSA) is 49.3 Å². The largest absolute Gasteiger partial charge is 0.388 e. The van der Waals surface area contributed by atoms with Crippen molar-refractivity contribution in [2.75, 3.05) is 6.54 Å². The Morgan fingerprint density at radius 3 is 2.70 bits per heavy atom. The summed E-state index contributed by atoms with van der Waals surface area (Å²) in [5, 5.41) is 12.9. The van der Waals surface area contributed by atoms with Crippen LogP contribution in [0.25, 0.3) is 6.08 Å². The lowest BCUT2D eigenvalue weighted by Gasteiger charge is -2.22. The summed E-state index contributed by atoms with van der Waals surface area (Å²) in [6.45, 7) is 1.90. The molecule has 0 radical (unpaired) electrons. The maximum Gasteiger partial charge on any atom is 0.247 e. The highest BCUT2D eigenvalue weighted by Gasteiger charge is 2.31. The molecule has 4 heteroatoms. The van der Waals surface area contributed by atoms with Gasteiger partial charge in [-0.05, 0) is 31.9 Å². The third-order valence-electron chi connectivity index (χ3n) is 3.75. The highest BCUT2D eigenvalue weighted by Crippen LogP contribution is 2.28. The molecule has 3 nitrogen and oxygen atoms in total. The van der Waals surface area contributed by atoms with Gasteiger partial charge in [0.25, 0.3) is 0 Å². The molecule has 0 bridgehead atoms. The average Bonchev–Trinajstić information content (AvgIpc) is 2.86. The monoisotopic (exact) mass is 277 g/mol. The van der Waals surface area contributed by atoms with E-state index in [2.05, 4.69) is 5.32 Å². The van der Waals surface area contributed by atoms with Crippen molar-refractivity contribution in [2.45, 2.75) is 38.2 Å². The van der Waals surface area contributed by atoms with E-state index in [-0.39, 0.29) is 18.3 Å². The molecule has 0 atom stereocenters. The lowest BCUT2D eigenvalue weighted by Crippen LogP contribution is -2.41. The third kappa shape index (κ3) is 3.67. The van der Waals surface area contributed by atoms with Gasteiger partial charge in [0.15, 0.2) is 0 Å². The molecular formula is C16H20FNO2. The second-order valence-corrected chi connectivity index (χ2v) is 5.46. The molecule has 0 saturated heterocycles. The highest BCUT2D eigenvalue weighted by atomic mass is 19.1. The smallest absolute Gasteiger partial charge is 0.247 e. The fraction of sp³-hybridized carbons (Fsp3) is 0.438. The van der Waals surface area contributed by atoms with Gasteiger partial charge in [0, 0.05) is 17.7 Å². The molecule has 0 spiro atoms. The Morgan fingerprint density at radius 2 is 2.05 bits per heavy atom. The number of carbonyl (C=O) groups excluding carboxylic acids is 1. The van der Waals surface area contributed by atoms with Crippen LogP contribution in [-0.4, -0.2) is 23.2 Å². The first kappa shape index (κ1) is 14.7. The lowest BCUT2D eigenvalue weighted by atomic mass is 10.0. The molecule has 1 amide bonds. The minimum absolute atomic E-state index is 0.258. The van der Waals surface area contributed by atoms with Gasteiger partial charge >= 0.3 is 0 Å². The Bertz CT molecular complexity index is 519. The maximum absolute atomic E-state index is 13.5. The van der Waals surface area contributed by atoms with Crippen molar-refractivity contribution < 1.29 is 14.3 Å². The second-order valence-electron chi connectivity index (χ2n) is 5.46. The van der Waals surface area contributed by atoms with Gasteiger partial charge in [-0.2, -0.15) is 0 Å². The van der Waals surface area contributed by atoms with Gasteiger partial charge in [0.1, 0.15) is 5.82 Å². The van der Waals surface area contributed by atoms with Crippen LogP contribution in [0, 0.1) is 5.82 Å². The number of carbonyl (C=O) groups is 1. The zero-order valence-electron chi connectivity index (χ0n) is 11.7. The Kier molecular flexibility index (Phi) is 4.55. The van der Waals surface area contributed by atoms with Crippen LogP contribution >= 0.6 is 0 Å². The molecule has 20 heavy (non-hydrogen) atoms. The zero-order valence-corrected chi connectivity index (χ0v) is 11.7. The number of nitrogens with one attached hydrogen (secondary N) is 1. The van der Waals surface area contributed by atoms with Crippen molar-refractivity contribution in [1.29, 1.82) is 0 Å². The molecule has 1 aromatic carbocycles. The van der Waals surface area contributed by atoms with E-state index in [0.717, 1.165) is 25.7 Å². The predicted octanol–water partition coefficient (Wildman–Crippen LogP) is 2.65. The number of hydrogen-bond donors (Lipinski definition) is 2. The van der Waals surface area contributed by atoms with E-state index in [4.69, 9.17) is 0 Å². The molecular weight excluding hydrogens is 257 g/mol. The fourth-order valence-electron chi connectivity index (χ4n) is 2.49. The number of amides is 1. The normalized spacial score (nSPS) is 18.1. The standard InChI is InChI=1S/C16H20FNO2/c1-12(10-13-6-2-3-7-14(13)17)15(19)18-11-16(20)8-4-5-9-16/h2-3,6-7,10,20H,4-5,8-9,11H2,1H3,(H,18,19)/b12-10+. The SMILES string of the molecule is C/C(=C\c1ccccc1F)C(=O)NCC1(O)CCCC1. The summed E-state index contributed by atoms with van der Waals surface area (Å²) in [5.74, 6) is -0.623. The van der Waals surface area contributed by atoms with Gasteiger partial charge in [-0.3, -0.25) is 4.79 Å². The van der Waals surface area contributed by atoms with Crippen molar-refractivity contribution >= 4 is 12.0 Å². The van der Waals surface area contributed by atoms with Crippen molar-refractivity contribution in [3.8, 4) is 0 Å². The van der Waals surface area contributed by atoms with Crippen LogP contribution in [0.4, 0.5) is 4.39 Å². The summed E-state index contributed by atoms with van der Waals surface area (Å²) >= 11 is 0. The van der Waals surface area contributed by atoms with Gasteiger partial charge in [0.05, 0.1) is 5.60 Å². The summed E-state index contributed by atoms with van der Waals surface area (Å²) in [7, 11) is 0. The lowest BCUT2D eigenvalue weighted by molar-refractivity contribution is -0.118. The van der Waals surface area contributed by atoms with E-state index in [9.17, 15) is 14.3 Å². The second kappa shape index (κ2) is 6.18. The highest BCUT2D eigenvalue weighted by molar-refractivity contribution is 5.97. The van der Waals surface area contributed by atoms with E-state index in [1.807, 2.05) is 0 Å². The van der Waals surface area contributed by atoms with Gasteiger partial charge < -0.3 is 10.4 Å². The molecule has 1 aliphatic rings. The first-order chi connectivity index (χ1) is 9.50. The van der Waals surface area contributed by atoms with E-state index in [1.54, 1.807) is 25.1 Å². The van der Waals surface area contributed by atoms with Crippen molar-refractivity contribution in [1.82, 2.24) is 5.32 Å². The van der Waals surface area contributed by atoms with Gasteiger partial charge in [0.2, 0.25) is 5.91 Å². The molecule has 2 rings (SSSR count). The Labute approximate surface area is 118 Å². The first-order valence-electron chi connectivity index (χ1n) is 6.94. The Balaban J connectivity index is 1.97. The van der Waals surface area contributed by atoms with Gasteiger partial charge in [-0.25, -0.2) is 4.39 Å². The molecule has 0 unspecified atom stereocenters. The van der Waals surface area contributed by atoms with Crippen molar-refractivity contribution in [3.63, 3.8) is 0 Å². The number of halogens is 1. The minimum Gasteiger partial charge on any atom is -0.388 e. The summed E-state index contributed by atoms with van der Waals surface area (Å²) in [6, 6.07) is 6.31. The van der Waals surface area contributed by atoms with Crippen molar-refractivity contribution in [2.24, 2.45) is 0 Å². The van der Waals surface area contributed by atoms with Crippen LogP contribution in [0.5, 0.6) is 0 Å². The van der Waals surface area contributed by atoms with Crippen LogP contribution in [-0.2, 0) is 4.79 Å². The summed E-state index contributed by atoms with van der Waals surface area (Å²) in [4.78, 5) is 11.9. The van der Waals surface area contributed by atoms with Crippen LogP contribution < -0.4 is 5.32 Å². The molecule has 2 N–H and O–H groups in total. The maximum atomic E-state index is 13.5. The number of rotatable bonds is 4. The van der Waals surface area contributed by atoms with E-state index in [1.165, 1.54) is 12.1 Å². The van der Waals surface area contributed by atoms with Gasteiger partial charge in [-0.1, -0.05) is 31.0 Å². The van der Waals surface area contributed by atoms with E-state index < -0.39 is 5.60 Å². The summed E-state index contributed by atoms with van der Waals surface area (Å²) in [5.41, 5.74) is 0.0462. The Hall–Kier alpha value is -1.68. The van der Waals surface area contributed by atoms with Crippen LogP contribution in [0.1, 0.15) is 38.2 Å². The van der Waals surface area contributed by atoms with E-state index >= 15 is 0 Å². The molecule has 0 heterocycles. The average molecular weight is 277 g/mol. The summed E-state index contributed by atoms with van der Waals surface area (Å²) in [6.07, 6.45) is 4.96. The molecule has 1 fully saturated rings. The molecule has 0 aromatic heterocycles. The molecule has 1 aliphatic carbocycles. The van der Waals surface area contributed by atoms with Crippen LogP contribution in [0.2, 0.25) is 0 Å². The van der Waals surface area contributed by atoms with Crippen LogP contribution in [0.3, 0.4) is 0 Å². The van der Waals surface area contributed by atoms with Gasteiger partial charge in [-0.15, -0.1) is 0 Å². The van der Waals surface area contributed by atoms with Crippen molar-refractivity contribution in [3.05, 3.63) is 41.2 Å². The first-order valence-corrected chi connectivity index (χ1v) is 6.94.